The SMILES string of the molecule is C=C(C)C(=O)CC[N+]1(C)C=CN=C1.O=S(=O)([N-]S(=O)(=O)C(F)(F)F)C(F)(F)F. The van der Waals surface area contributed by atoms with Gasteiger partial charge in [-0.3, -0.25) is 9.28 Å². The molecule has 1 aliphatic rings. The molecule has 1 heterocycles. The molecule has 0 saturated heterocycles. The molecule has 1 rings (SSSR count). The molecule has 0 saturated carbocycles. The molecule has 0 aromatic carbocycles. The lowest BCUT2D eigenvalue weighted by atomic mass is 10.1. The quantitative estimate of drug-likeness (QED) is 0.344. The first-order valence-corrected chi connectivity index (χ1v) is 9.74. The Kier molecular flexibility index (Phi) is 8.15. The van der Waals surface area contributed by atoms with Crippen molar-refractivity contribution in [1.29, 1.82) is 0 Å². The van der Waals surface area contributed by atoms with E-state index in [0.29, 0.717) is 16.5 Å². The molecule has 0 fully saturated rings. The average molecular weight is 459 g/mol. The van der Waals surface area contributed by atoms with Gasteiger partial charge in [-0.25, -0.2) is 21.8 Å². The normalized spacial score (nSPS) is 19.9. The summed E-state index contributed by atoms with van der Waals surface area (Å²) in [5.41, 5.74) is -11.8. The predicted octanol–water partition coefficient (Wildman–Crippen LogP) is 2.54. The highest BCUT2D eigenvalue weighted by Crippen LogP contribution is 2.36. The van der Waals surface area contributed by atoms with Crippen molar-refractivity contribution < 1.29 is 52.5 Å². The van der Waals surface area contributed by atoms with E-state index in [2.05, 4.69) is 11.6 Å². The van der Waals surface area contributed by atoms with Crippen LogP contribution in [-0.4, -0.2) is 58.0 Å². The lowest BCUT2D eigenvalue weighted by Crippen LogP contribution is -2.36. The standard InChI is InChI=1S/C10H15N2O.C2F6NO4S2/c1-9(2)10(13)4-6-12(3)7-5-11-8-12;3-1(4,5)14(10,11)9-15(12,13)2(6,7)8/h5,7-8H,1,4,6H2,2-3H3;/q+1;-1. The molecule has 0 radical (unpaired) electrons. The van der Waals surface area contributed by atoms with E-state index in [1.807, 2.05) is 19.6 Å². The minimum atomic E-state index is -6.72. The fourth-order valence-corrected chi connectivity index (χ4v) is 3.03. The molecule has 0 amide bonds. The molecule has 28 heavy (non-hydrogen) atoms. The van der Waals surface area contributed by atoms with E-state index in [-0.39, 0.29) is 5.78 Å². The number of ketones is 1. The van der Waals surface area contributed by atoms with Crippen molar-refractivity contribution in [2.45, 2.75) is 24.4 Å². The zero-order valence-corrected chi connectivity index (χ0v) is 16.0. The van der Waals surface area contributed by atoms with Gasteiger partial charge in [-0.15, -0.1) is 0 Å². The third kappa shape index (κ3) is 7.69. The number of Topliss-reactive ketones (excluding diaryl/α,β-unsaturated/α-hetero) is 1. The number of nitrogens with zero attached hydrogens (tertiary/aromatic N) is 3. The monoisotopic (exact) mass is 459 g/mol. The van der Waals surface area contributed by atoms with Crippen LogP contribution in [-0.2, 0) is 24.8 Å². The van der Waals surface area contributed by atoms with Crippen molar-refractivity contribution in [1.82, 2.24) is 0 Å². The summed E-state index contributed by atoms with van der Waals surface area (Å²) in [4.78, 5) is 15.3. The predicted molar refractivity (Wildman–Crippen MR) is 86.4 cm³/mol. The van der Waals surface area contributed by atoms with Crippen LogP contribution in [0.1, 0.15) is 13.3 Å². The Balaban J connectivity index is 0.000000525. The number of rotatable bonds is 6. The summed E-state index contributed by atoms with van der Waals surface area (Å²) in [5.74, 6) is 0.132. The number of alkyl halides is 6. The van der Waals surface area contributed by atoms with Gasteiger partial charge in [0.1, 0.15) is 6.20 Å². The summed E-state index contributed by atoms with van der Waals surface area (Å²) in [5, 5.41) is 0. The largest absolute Gasteiger partial charge is 0.480 e. The highest BCUT2D eigenvalue weighted by molar-refractivity contribution is 8.13. The van der Waals surface area contributed by atoms with E-state index in [1.54, 1.807) is 13.1 Å². The Bertz CT molecular complexity index is 818. The Morgan fingerprint density at radius 2 is 1.50 bits per heavy atom. The molecule has 1 atom stereocenters. The van der Waals surface area contributed by atoms with E-state index in [9.17, 15) is 48.0 Å². The maximum absolute atomic E-state index is 11.4. The van der Waals surface area contributed by atoms with Crippen LogP contribution in [0.2, 0.25) is 0 Å². The van der Waals surface area contributed by atoms with Crippen LogP contribution in [0, 0.1) is 0 Å². The number of halogens is 6. The maximum Gasteiger partial charge on any atom is 0.480 e. The molecular weight excluding hydrogens is 444 g/mol. The van der Waals surface area contributed by atoms with Crippen molar-refractivity contribution in [3.63, 3.8) is 0 Å². The van der Waals surface area contributed by atoms with Gasteiger partial charge in [-0.1, -0.05) is 6.58 Å². The third-order valence-corrected chi connectivity index (χ3v) is 5.64. The second kappa shape index (κ2) is 8.71. The van der Waals surface area contributed by atoms with Crippen LogP contribution in [0.3, 0.4) is 0 Å². The molecule has 0 N–H and O–H groups in total. The first-order valence-electron chi connectivity index (χ1n) is 6.86. The van der Waals surface area contributed by atoms with Gasteiger partial charge in [0, 0.05) is 0 Å². The number of aliphatic imine (C=N–C) groups is 1. The molecule has 0 bridgehead atoms. The second-order valence-corrected chi connectivity index (χ2v) is 8.93. The smallest absolute Gasteiger partial charge is 0.421 e. The average Bonchev–Trinajstić information content (AvgIpc) is 2.89. The van der Waals surface area contributed by atoms with Crippen LogP contribution in [0.15, 0.2) is 29.5 Å². The van der Waals surface area contributed by atoms with Crippen LogP contribution < -0.4 is 0 Å². The summed E-state index contributed by atoms with van der Waals surface area (Å²) in [7, 11) is -11.4. The van der Waals surface area contributed by atoms with Crippen molar-refractivity contribution in [2.75, 3.05) is 13.6 Å². The molecule has 0 spiro atoms. The maximum atomic E-state index is 11.4. The Morgan fingerprint density at radius 1 is 1.07 bits per heavy atom. The summed E-state index contributed by atoms with van der Waals surface area (Å²) in [6, 6.07) is 0. The minimum Gasteiger partial charge on any atom is -0.421 e. The van der Waals surface area contributed by atoms with Gasteiger partial charge >= 0.3 is 11.0 Å². The van der Waals surface area contributed by atoms with Gasteiger partial charge in [0.15, 0.2) is 32.2 Å². The topological polar surface area (TPSA) is 112 Å². The Labute approximate surface area is 156 Å². The van der Waals surface area contributed by atoms with Crippen molar-refractivity contribution in [2.24, 2.45) is 4.99 Å². The fourth-order valence-electron chi connectivity index (χ4n) is 1.32. The molecule has 0 aromatic heterocycles. The molecule has 0 aliphatic carbocycles. The lowest BCUT2D eigenvalue weighted by Gasteiger charge is -2.22. The second-order valence-electron chi connectivity index (χ2n) is 5.50. The van der Waals surface area contributed by atoms with Gasteiger partial charge in [-0.2, -0.15) is 26.3 Å². The van der Waals surface area contributed by atoms with E-state index in [0.717, 1.165) is 10.7 Å². The fraction of sp³-hybridized carbons (Fsp3) is 0.500. The van der Waals surface area contributed by atoms with Gasteiger partial charge in [0.25, 0.3) is 0 Å². The summed E-state index contributed by atoms with van der Waals surface area (Å²) in [6.07, 6.45) is 6.07. The highest BCUT2D eigenvalue weighted by Gasteiger charge is 2.46. The van der Waals surface area contributed by atoms with Crippen LogP contribution in [0.5, 0.6) is 0 Å². The number of carbonyl (C=O) groups excluding carboxylic acids is 1. The summed E-state index contributed by atoms with van der Waals surface area (Å²) in [6.45, 7) is 6.12. The number of quaternary nitrogens is 1. The molecule has 1 unspecified atom stereocenters. The van der Waals surface area contributed by atoms with Gasteiger partial charge < -0.3 is 4.13 Å². The van der Waals surface area contributed by atoms with E-state index in [4.69, 9.17) is 0 Å². The molecule has 16 heteroatoms. The molecule has 8 nitrogen and oxygen atoms in total. The van der Waals surface area contributed by atoms with Gasteiger partial charge in [0.05, 0.1) is 26.2 Å². The zero-order chi connectivity index (χ0) is 22.6. The van der Waals surface area contributed by atoms with Crippen LogP contribution in [0.25, 0.3) is 4.13 Å². The number of allylic oxidation sites excluding steroid dienone is 1. The molecule has 162 valence electrons. The Morgan fingerprint density at radius 3 is 1.79 bits per heavy atom. The number of hydrogen-bond acceptors (Lipinski definition) is 6. The van der Waals surface area contributed by atoms with E-state index >= 15 is 0 Å². The number of carbonyl (C=O) groups is 1. The molecule has 0 aromatic rings. The highest BCUT2D eigenvalue weighted by atomic mass is 32.3. The van der Waals surface area contributed by atoms with Crippen molar-refractivity contribution >= 4 is 32.2 Å². The third-order valence-electron chi connectivity index (χ3n) is 2.90. The van der Waals surface area contributed by atoms with Crippen LogP contribution >= 0.6 is 0 Å². The number of hydrogen-bond donors (Lipinski definition) is 0. The molecular formula is C12H15F6N3O5S2. The van der Waals surface area contributed by atoms with Gasteiger partial charge in [-0.05, 0) is 12.5 Å². The first-order chi connectivity index (χ1) is 12.2. The van der Waals surface area contributed by atoms with E-state index in [1.165, 1.54) is 0 Å². The van der Waals surface area contributed by atoms with Crippen molar-refractivity contribution in [3.05, 3.63) is 28.7 Å². The van der Waals surface area contributed by atoms with Crippen molar-refractivity contribution in [3.8, 4) is 0 Å². The number of sulfonamides is 2. The summed E-state index contributed by atoms with van der Waals surface area (Å²) < 4.78 is 110. The first kappa shape index (κ1) is 26.2. The zero-order valence-electron chi connectivity index (χ0n) is 14.3. The van der Waals surface area contributed by atoms with Gasteiger partial charge in [0.2, 0.25) is 0 Å². The summed E-state index contributed by atoms with van der Waals surface area (Å²) >= 11 is 0. The van der Waals surface area contributed by atoms with E-state index < -0.39 is 31.1 Å². The molecule has 1 aliphatic heterocycles. The lowest BCUT2D eigenvalue weighted by molar-refractivity contribution is -0.755. The Hall–Kier alpha value is -1.78. The van der Waals surface area contributed by atoms with Crippen LogP contribution in [0.4, 0.5) is 26.3 Å². The minimum absolute atomic E-state index is 0.132.